The average molecular weight is 683 g/mol. The van der Waals surface area contributed by atoms with Crippen LogP contribution in [0, 0.1) is 20.8 Å². The van der Waals surface area contributed by atoms with Gasteiger partial charge in [-0.1, -0.05) is 75.9 Å². The van der Waals surface area contributed by atoms with Crippen LogP contribution in [0.1, 0.15) is 86.1 Å². The molecule has 1 saturated heterocycles. The van der Waals surface area contributed by atoms with Gasteiger partial charge in [-0.05, 0) is 89.6 Å². The van der Waals surface area contributed by atoms with E-state index >= 15 is 0 Å². The van der Waals surface area contributed by atoms with Crippen molar-refractivity contribution in [2.75, 3.05) is 13.2 Å². The molecule has 0 spiro atoms. The molecule has 10 heteroatoms. The minimum atomic E-state index is -0.586. The van der Waals surface area contributed by atoms with Crippen molar-refractivity contribution in [2.24, 2.45) is 0 Å². The van der Waals surface area contributed by atoms with E-state index in [1.54, 1.807) is 6.07 Å². The monoisotopic (exact) mass is 682 g/mol. The maximum atomic E-state index is 13.9. The van der Waals surface area contributed by atoms with E-state index in [-0.39, 0.29) is 24.3 Å². The quantitative estimate of drug-likeness (QED) is 0.174. The van der Waals surface area contributed by atoms with Crippen molar-refractivity contribution in [2.45, 2.75) is 84.8 Å². The fourth-order valence-electron chi connectivity index (χ4n) is 6.83. The normalized spacial score (nSPS) is 15.7. The fourth-order valence-corrected chi connectivity index (χ4v) is 7.10. The zero-order chi connectivity index (χ0) is 34.9. The van der Waals surface area contributed by atoms with Crippen molar-refractivity contribution in [1.82, 2.24) is 20.0 Å². The van der Waals surface area contributed by atoms with Crippen molar-refractivity contribution in [3.05, 3.63) is 110 Å². The molecule has 1 aliphatic rings. The Balaban J connectivity index is 1.46. The molecule has 0 bridgehead atoms. The van der Waals surface area contributed by atoms with Gasteiger partial charge in [-0.15, -0.1) is 0 Å². The van der Waals surface area contributed by atoms with Crippen LogP contribution in [-0.2, 0) is 4.74 Å². The van der Waals surface area contributed by atoms with Gasteiger partial charge in [0.15, 0.2) is 6.33 Å². The maximum absolute atomic E-state index is 13.9. The van der Waals surface area contributed by atoms with Gasteiger partial charge in [0.05, 0.1) is 23.6 Å². The van der Waals surface area contributed by atoms with Crippen LogP contribution in [0.25, 0.3) is 22.0 Å². The summed E-state index contributed by atoms with van der Waals surface area (Å²) < 4.78 is 18.1. The summed E-state index contributed by atoms with van der Waals surface area (Å²) >= 11 is 7.00. The fraction of sp³-hybridized carbons (Fsp3) is 0.385. The number of piperidine rings is 1. The second-order valence-corrected chi connectivity index (χ2v) is 14.4. The molecule has 2 aromatic heterocycles. The molecule has 1 fully saturated rings. The van der Waals surface area contributed by atoms with E-state index in [2.05, 4.69) is 27.3 Å². The number of amides is 1. The molecule has 6 rings (SSSR count). The summed E-state index contributed by atoms with van der Waals surface area (Å²) in [5, 5.41) is 5.02. The number of hydrogen-bond acceptors (Lipinski definition) is 7. The molecule has 1 amide bonds. The summed E-state index contributed by atoms with van der Waals surface area (Å²) in [6.07, 6.45) is 4.45. The molecule has 5 aromatic rings. The summed E-state index contributed by atoms with van der Waals surface area (Å²) in [5.41, 5.74) is 5.68. The highest BCUT2D eigenvalue weighted by Gasteiger charge is 2.31. The van der Waals surface area contributed by atoms with Crippen LogP contribution >= 0.6 is 11.6 Å². The SMILES string of the molecule is Cc1cc(C)cc(-c2c(OCCC3CCCCN3C(=O)OC(C)(C)C)c3cc(C(c4cccc(C)c4)c4ncno4)c(Cl)cc3[nH]c2=O)c1. The molecular weight excluding hydrogens is 640 g/mol. The number of benzene rings is 3. The van der Waals surface area contributed by atoms with Crippen LogP contribution in [0.2, 0.25) is 5.02 Å². The molecule has 256 valence electrons. The van der Waals surface area contributed by atoms with Crippen LogP contribution in [0.4, 0.5) is 4.79 Å². The molecule has 3 aromatic carbocycles. The van der Waals surface area contributed by atoms with Crippen molar-refractivity contribution in [1.29, 1.82) is 0 Å². The van der Waals surface area contributed by atoms with Gasteiger partial charge < -0.3 is 23.9 Å². The number of pyridine rings is 1. The topological polar surface area (TPSA) is 111 Å². The number of carbonyl (C=O) groups is 1. The number of carbonyl (C=O) groups excluding carboxylic acids is 1. The Hall–Kier alpha value is -4.63. The Morgan fingerprint density at radius 3 is 2.53 bits per heavy atom. The molecule has 1 aliphatic heterocycles. The summed E-state index contributed by atoms with van der Waals surface area (Å²) in [4.78, 5) is 36.4. The lowest BCUT2D eigenvalue weighted by Crippen LogP contribution is -2.46. The molecule has 1 N–H and O–H groups in total. The molecule has 0 radical (unpaired) electrons. The molecule has 9 nitrogen and oxygen atoms in total. The van der Waals surface area contributed by atoms with Crippen LogP contribution in [-0.4, -0.2) is 50.9 Å². The first-order valence-electron chi connectivity index (χ1n) is 16.8. The highest BCUT2D eigenvalue weighted by molar-refractivity contribution is 6.32. The minimum Gasteiger partial charge on any atom is -0.492 e. The molecule has 49 heavy (non-hydrogen) atoms. The highest BCUT2D eigenvalue weighted by atomic mass is 35.5. The van der Waals surface area contributed by atoms with E-state index in [0.29, 0.717) is 46.1 Å². The van der Waals surface area contributed by atoms with Crippen molar-refractivity contribution in [3.8, 4) is 16.9 Å². The van der Waals surface area contributed by atoms with Crippen LogP contribution in [0.15, 0.2) is 70.2 Å². The number of H-pyrrole nitrogens is 1. The number of ether oxygens (including phenoxy) is 2. The Morgan fingerprint density at radius 2 is 1.84 bits per heavy atom. The molecule has 2 atom stereocenters. The second-order valence-electron chi connectivity index (χ2n) is 14.0. The Bertz CT molecular complexity index is 2010. The highest BCUT2D eigenvalue weighted by Crippen LogP contribution is 2.41. The van der Waals surface area contributed by atoms with Gasteiger partial charge in [0.25, 0.3) is 5.56 Å². The number of nitrogens with one attached hydrogen (secondary N) is 1. The zero-order valence-corrected chi connectivity index (χ0v) is 29.7. The van der Waals surface area contributed by atoms with Gasteiger partial charge in [-0.2, -0.15) is 4.98 Å². The van der Waals surface area contributed by atoms with E-state index in [4.69, 9.17) is 25.6 Å². The number of aryl methyl sites for hydroxylation is 3. The number of likely N-dealkylation sites (tertiary alicyclic amines) is 1. The van der Waals surface area contributed by atoms with Gasteiger partial charge in [-0.25, -0.2) is 4.79 Å². The van der Waals surface area contributed by atoms with E-state index in [1.165, 1.54) is 6.33 Å². The lowest BCUT2D eigenvalue weighted by molar-refractivity contribution is 0.00745. The summed E-state index contributed by atoms with van der Waals surface area (Å²) in [6, 6.07) is 17.8. The third-order valence-electron chi connectivity index (χ3n) is 8.86. The van der Waals surface area contributed by atoms with Gasteiger partial charge in [0.1, 0.15) is 11.4 Å². The van der Waals surface area contributed by atoms with Crippen LogP contribution in [0.3, 0.4) is 0 Å². The molecule has 0 aliphatic carbocycles. The summed E-state index contributed by atoms with van der Waals surface area (Å²) in [5.74, 6) is 0.385. The molecular formula is C39H43ClN4O5. The van der Waals surface area contributed by atoms with Crippen LogP contribution < -0.4 is 10.3 Å². The number of aromatic nitrogens is 3. The third-order valence-corrected chi connectivity index (χ3v) is 9.19. The van der Waals surface area contributed by atoms with Gasteiger partial charge in [0.2, 0.25) is 5.89 Å². The van der Waals surface area contributed by atoms with Gasteiger partial charge in [-0.3, -0.25) is 4.79 Å². The largest absolute Gasteiger partial charge is 0.492 e. The van der Waals surface area contributed by atoms with E-state index < -0.39 is 11.5 Å². The predicted molar refractivity (Wildman–Crippen MR) is 192 cm³/mol. The van der Waals surface area contributed by atoms with Crippen molar-refractivity contribution < 1.29 is 18.8 Å². The zero-order valence-electron chi connectivity index (χ0n) is 28.9. The lowest BCUT2D eigenvalue weighted by Gasteiger charge is -2.36. The third kappa shape index (κ3) is 7.67. The maximum Gasteiger partial charge on any atom is 0.410 e. The first kappa shape index (κ1) is 34.2. The first-order valence-corrected chi connectivity index (χ1v) is 17.2. The molecule has 3 heterocycles. The number of halogens is 1. The Labute approximate surface area is 291 Å². The second kappa shape index (κ2) is 14.1. The minimum absolute atomic E-state index is 0.0465. The van der Waals surface area contributed by atoms with Crippen molar-refractivity contribution >= 4 is 28.6 Å². The first-order chi connectivity index (χ1) is 23.4. The number of aromatic amines is 1. The van der Waals surface area contributed by atoms with Gasteiger partial charge >= 0.3 is 6.09 Å². The Morgan fingerprint density at radius 1 is 1.06 bits per heavy atom. The standard InChI is InChI=1S/C39H43ClN4O5/c1-23-10-9-11-26(17-23)33(37-41-22-42-49-37)29-20-30-32(21-31(29)40)43-36(45)34(27-18-24(2)16-25(3)19-27)35(30)47-15-13-28-12-7-8-14-44(28)38(46)48-39(4,5)6/h9-11,16-22,28,33H,7-8,12-15H2,1-6H3,(H,43,45). The summed E-state index contributed by atoms with van der Waals surface area (Å²) in [7, 11) is 0. The van der Waals surface area contributed by atoms with E-state index in [9.17, 15) is 9.59 Å². The lowest BCUT2D eigenvalue weighted by atomic mass is 9.88. The predicted octanol–water partition coefficient (Wildman–Crippen LogP) is 8.90. The van der Waals surface area contributed by atoms with Crippen molar-refractivity contribution in [3.63, 3.8) is 0 Å². The number of fused-ring (bicyclic) bond motifs is 1. The molecule has 2 unspecified atom stereocenters. The van der Waals surface area contributed by atoms with E-state index in [1.807, 2.05) is 82.8 Å². The Kier molecular flexibility index (Phi) is 9.84. The number of rotatable bonds is 8. The summed E-state index contributed by atoms with van der Waals surface area (Å²) in [6.45, 7) is 12.6. The van der Waals surface area contributed by atoms with Crippen LogP contribution in [0.5, 0.6) is 5.75 Å². The number of hydrogen-bond donors (Lipinski definition) is 1. The van der Waals surface area contributed by atoms with Gasteiger partial charge in [0, 0.05) is 29.4 Å². The molecule has 0 saturated carbocycles. The number of nitrogens with zero attached hydrogens (tertiary/aromatic N) is 3. The smallest absolute Gasteiger partial charge is 0.410 e. The average Bonchev–Trinajstić information content (AvgIpc) is 3.55. The van der Waals surface area contributed by atoms with E-state index in [0.717, 1.165) is 52.6 Å².